The molecule has 0 unspecified atom stereocenters. The lowest BCUT2D eigenvalue weighted by Crippen LogP contribution is -2.28. The van der Waals surface area contributed by atoms with Crippen molar-refractivity contribution in [3.05, 3.63) is 23.9 Å². The highest BCUT2D eigenvalue weighted by molar-refractivity contribution is 5.98. The molecular formula is C10H14N4O3. The number of rotatable bonds is 5. The molecule has 0 bridgehead atoms. The van der Waals surface area contributed by atoms with Gasteiger partial charge in [0.05, 0.1) is 13.5 Å². The number of oxime groups is 1. The van der Waals surface area contributed by atoms with Crippen LogP contribution in [0.3, 0.4) is 0 Å². The highest BCUT2D eigenvalue weighted by Crippen LogP contribution is 2.07. The Morgan fingerprint density at radius 1 is 1.71 bits per heavy atom. The Labute approximate surface area is 98.3 Å². The number of aromatic nitrogens is 1. The SMILES string of the molecule is COc1cc(CNC(=O)CC(N)=NO)ccn1. The van der Waals surface area contributed by atoms with Crippen molar-refractivity contribution in [1.82, 2.24) is 10.3 Å². The molecule has 7 nitrogen and oxygen atoms in total. The Morgan fingerprint density at radius 2 is 2.47 bits per heavy atom. The zero-order chi connectivity index (χ0) is 12.7. The van der Waals surface area contributed by atoms with E-state index in [9.17, 15) is 4.79 Å². The molecule has 0 saturated heterocycles. The van der Waals surface area contributed by atoms with Gasteiger partial charge in [0.2, 0.25) is 11.8 Å². The van der Waals surface area contributed by atoms with Crippen molar-refractivity contribution in [1.29, 1.82) is 0 Å². The Hall–Kier alpha value is -2.31. The Balaban J connectivity index is 2.47. The minimum absolute atomic E-state index is 0.130. The molecule has 17 heavy (non-hydrogen) atoms. The summed E-state index contributed by atoms with van der Waals surface area (Å²) in [5.74, 6) is 0.0269. The van der Waals surface area contributed by atoms with E-state index in [2.05, 4.69) is 15.5 Å². The van der Waals surface area contributed by atoms with Crippen LogP contribution in [0.15, 0.2) is 23.5 Å². The van der Waals surface area contributed by atoms with E-state index in [-0.39, 0.29) is 18.2 Å². The Bertz CT molecular complexity index is 420. The summed E-state index contributed by atoms with van der Waals surface area (Å²) < 4.78 is 4.95. The molecule has 0 saturated carbocycles. The van der Waals surface area contributed by atoms with Crippen molar-refractivity contribution in [3.8, 4) is 5.88 Å². The van der Waals surface area contributed by atoms with E-state index >= 15 is 0 Å². The minimum atomic E-state index is -0.323. The number of pyridine rings is 1. The van der Waals surface area contributed by atoms with Gasteiger partial charge in [0.1, 0.15) is 5.84 Å². The van der Waals surface area contributed by atoms with Crippen LogP contribution in [0.1, 0.15) is 12.0 Å². The number of nitrogens with two attached hydrogens (primary N) is 1. The van der Waals surface area contributed by atoms with Gasteiger partial charge in [-0.25, -0.2) is 4.98 Å². The number of ether oxygens (including phenoxy) is 1. The van der Waals surface area contributed by atoms with Gasteiger partial charge >= 0.3 is 0 Å². The highest BCUT2D eigenvalue weighted by Gasteiger charge is 2.05. The molecule has 0 spiro atoms. The summed E-state index contributed by atoms with van der Waals surface area (Å²) in [6.07, 6.45) is 1.45. The van der Waals surface area contributed by atoms with Crippen LogP contribution in [-0.4, -0.2) is 29.0 Å². The molecule has 1 amide bonds. The smallest absolute Gasteiger partial charge is 0.227 e. The molecule has 1 rings (SSSR count). The number of carbonyl (C=O) groups excluding carboxylic acids is 1. The highest BCUT2D eigenvalue weighted by atomic mass is 16.5. The number of nitrogens with zero attached hydrogens (tertiary/aromatic N) is 2. The lowest BCUT2D eigenvalue weighted by Gasteiger charge is -2.05. The molecule has 0 radical (unpaired) electrons. The number of amidine groups is 1. The minimum Gasteiger partial charge on any atom is -0.481 e. The van der Waals surface area contributed by atoms with Gasteiger partial charge in [-0.1, -0.05) is 5.16 Å². The molecule has 0 aromatic carbocycles. The second kappa shape index (κ2) is 6.31. The third kappa shape index (κ3) is 4.37. The van der Waals surface area contributed by atoms with Crippen LogP contribution in [0.5, 0.6) is 5.88 Å². The fourth-order valence-corrected chi connectivity index (χ4v) is 1.14. The van der Waals surface area contributed by atoms with Crippen LogP contribution in [0, 0.1) is 0 Å². The Kier molecular flexibility index (Phi) is 4.74. The summed E-state index contributed by atoms with van der Waals surface area (Å²) in [6.45, 7) is 0.330. The van der Waals surface area contributed by atoms with E-state index in [1.54, 1.807) is 18.3 Å². The average molecular weight is 238 g/mol. The molecule has 0 atom stereocenters. The van der Waals surface area contributed by atoms with Crippen LogP contribution in [0.4, 0.5) is 0 Å². The molecule has 4 N–H and O–H groups in total. The second-order valence-corrected chi connectivity index (χ2v) is 3.25. The van der Waals surface area contributed by atoms with Crippen LogP contribution in [-0.2, 0) is 11.3 Å². The normalized spacial score (nSPS) is 11.0. The molecule has 0 aliphatic heterocycles. The van der Waals surface area contributed by atoms with Gasteiger partial charge in [-0.3, -0.25) is 4.79 Å². The summed E-state index contributed by atoms with van der Waals surface area (Å²) in [5.41, 5.74) is 6.05. The second-order valence-electron chi connectivity index (χ2n) is 3.25. The van der Waals surface area contributed by atoms with Gasteiger partial charge in [-0.2, -0.15) is 0 Å². The first-order valence-electron chi connectivity index (χ1n) is 4.87. The Morgan fingerprint density at radius 3 is 3.12 bits per heavy atom. The fraction of sp³-hybridized carbons (Fsp3) is 0.300. The first kappa shape index (κ1) is 12.8. The van der Waals surface area contributed by atoms with Crippen LogP contribution < -0.4 is 15.8 Å². The number of carbonyl (C=O) groups is 1. The third-order valence-electron chi connectivity index (χ3n) is 1.97. The van der Waals surface area contributed by atoms with Gasteiger partial charge in [0.25, 0.3) is 0 Å². The largest absolute Gasteiger partial charge is 0.481 e. The van der Waals surface area contributed by atoms with E-state index in [0.29, 0.717) is 12.4 Å². The van der Waals surface area contributed by atoms with E-state index in [1.165, 1.54) is 7.11 Å². The summed E-state index contributed by atoms with van der Waals surface area (Å²) in [5, 5.41) is 13.6. The molecule has 0 aliphatic rings. The summed E-state index contributed by atoms with van der Waals surface area (Å²) in [6, 6.07) is 3.47. The number of amides is 1. The van der Waals surface area contributed by atoms with E-state index in [1.807, 2.05) is 0 Å². The van der Waals surface area contributed by atoms with Gasteiger partial charge in [-0.05, 0) is 11.6 Å². The lowest BCUT2D eigenvalue weighted by atomic mass is 10.2. The van der Waals surface area contributed by atoms with Crippen LogP contribution in [0.2, 0.25) is 0 Å². The van der Waals surface area contributed by atoms with Crippen molar-refractivity contribution in [2.24, 2.45) is 10.9 Å². The number of hydrogen-bond donors (Lipinski definition) is 3. The molecule has 92 valence electrons. The van der Waals surface area contributed by atoms with Crippen molar-refractivity contribution >= 4 is 11.7 Å². The summed E-state index contributed by atoms with van der Waals surface area (Å²) >= 11 is 0. The van der Waals surface area contributed by atoms with Gasteiger partial charge in [0.15, 0.2) is 0 Å². The quantitative estimate of drug-likeness (QED) is 0.286. The zero-order valence-corrected chi connectivity index (χ0v) is 9.38. The first-order chi connectivity index (χ1) is 8.15. The third-order valence-corrected chi connectivity index (χ3v) is 1.97. The fourth-order valence-electron chi connectivity index (χ4n) is 1.14. The number of nitrogens with one attached hydrogen (secondary N) is 1. The molecule has 0 fully saturated rings. The maximum absolute atomic E-state index is 11.3. The number of hydrogen-bond acceptors (Lipinski definition) is 5. The molecule has 7 heteroatoms. The van der Waals surface area contributed by atoms with Gasteiger partial charge in [0, 0.05) is 18.8 Å². The van der Waals surface area contributed by atoms with E-state index in [4.69, 9.17) is 15.7 Å². The molecule has 0 aliphatic carbocycles. The zero-order valence-electron chi connectivity index (χ0n) is 9.38. The van der Waals surface area contributed by atoms with Crippen LogP contribution >= 0.6 is 0 Å². The predicted octanol–water partition coefficient (Wildman–Crippen LogP) is -0.157. The van der Waals surface area contributed by atoms with Crippen molar-refractivity contribution in [3.63, 3.8) is 0 Å². The molecular weight excluding hydrogens is 224 g/mol. The predicted molar refractivity (Wildman–Crippen MR) is 60.7 cm³/mol. The van der Waals surface area contributed by atoms with Gasteiger partial charge < -0.3 is 21.0 Å². The number of methoxy groups -OCH3 is 1. The first-order valence-corrected chi connectivity index (χ1v) is 4.87. The molecule has 1 aromatic rings. The lowest BCUT2D eigenvalue weighted by molar-refractivity contribution is -0.120. The summed E-state index contributed by atoms with van der Waals surface area (Å²) in [7, 11) is 1.52. The topological polar surface area (TPSA) is 110 Å². The molecule has 1 heterocycles. The van der Waals surface area contributed by atoms with E-state index < -0.39 is 0 Å². The maximum Gasteiger partial charge on any atom is 0.227 e. The van der Waals surface area contributed by atoms with E-state index in [0.717, 1.165) is 5.56 Å². The van der Waals surface area contributed by atoms with Crippen molar-refractivity contribution < 1.29 is 14.7 Å². The monoisotopic (exact) mass is 238 g/mol. The van der Waals surface area contributed by atoms with Crippen molar-refractivity contribution in [2.45, 2.75) is 13.0 Å². The standard InChI is InChI=1S/C10H14N4O3/c1-17-10-4-7(2-3-12-10)6-13-9(15)5-8(11)14-16/h2-4,16H,5-6H2,1H3,(H2,11,14)(H,13,15). The summed E-state index contributed by atoms with van der Waals surface area (Å²) in [4.78, 5) is 15.2. The average Bonchev–Trinajstić information content (AvgIpc) is 2.36. The van der Waals surface area contributed by atoms with Gasteiger partial charge in [-0.15, -0.1) is 0 Å². The molecule has 1 aromatic heterocycles. The maximum atomic E-state index is 11.3. The van der Waals surface area contributed by atoms with Crippen molar-refractivity contribution in [2.75, 3.05) is 7.11 Å². The van der Waals surface area contributed by atoms with Crippen LogP contribution in [0.25, 0.3) is 0 Å².